The van der Waals surface area contributed by atoms with Crippen molar-refractivity contribution in [3.63, 3.8) is 0 Å². The van der Waals surface area contributed by atoms with Crippen molar-refractivity contribution in [2.75, 3.05) is 13.1 Å². The SMILES string of the molecule is CCCC(CC)OC(=O)N1CCC(=O)C1. The van der Waals surface area contributed by atoms with Gasteiger partial charge in [0.25, 0.3) is 0 Å². The number of carbonyl (C=O) groups excluding carboxylic acids is 2. The number of ether oxygens (including phenoxy) is 1. The largest absolute Gasteiger partial charge is 0.446 e. The van der Waals surface area contributed by atoms with E-state index in [1.165, 1.54) is 4.90 Å². The number of Topliss-reactive ketones (excluding diaryl/α,β-unsaturated/α-hetero) is 1. The van der Waals surface area contributed by atoms with E-state index in [-0.39, 0.29) is 24.5 Å². The fourth-order valence-electron chi connectivity index (χ4n) is 1.67. The minimum atomic E-state index is -0.332. The molecule has 1 heterocycles. The molecular weight excluding hydrogens is 194 g/mol. The third kappa shape index (κ3) is 3.53. The van der Waals surface area contributed by atoms with Crippen molar-refractivity contribution in [2.45, 2.75) is 45.6 Å². The molecule has 0 aromatic rings. The van der Waals surface area contributed by atoms with Crippen LogP contribution in [0.3, 0.4) is 0 Å². The second kappa shape index (κ2) is 5.73. The molecule has 0 spiro atoms. The lowest BCUT2D eigenvalue weighted by Crippen LogP contribution is -2.32. The van der Waals surface area contributed by atoms with Crippen LogP contribution in [0.2, 0.25) is 0 Å². The number of likely N-dealkylation sites (tertiary alicyclic amines) is 1. The summed E-state index contributed by atoms with van der Waals surface area (Å²) in [5.74, 6) is 0.121. The fraction of sp³-hybridized carbons (Fsp3) is 0.818. The molecule has 4 nitrogen and oxygen atoms in total. The maximum atomic E-state index is 11.6. The van der Waals surface area contributed by atoms with Crippen molar-refractivity contribution in [3.8, 4) is 0 Å². The quantitative estimate of drug-likeness (QED) is 0.717. The molecule has 0 N–H and O–H groups in total. The summed E-state index contributed by atoms with van der Waals surface area (Å²) in [5.41, 5.74) is 0. The minimum Gasteiger partial charge on any atom is -0.446 e. The van der Waals surface area contributed by atoms with E-state index in [0.29, 0.717) is 13.0 Å². The summed E-state index contributed by atoms with van der Waals surface area (Å²) in [6, 6.07) is 0. The van der Waals surface area contributed by atoms with Crippen LogP contribution in [0.5, 0.6) is 0 Å². The predicted octanol–water partition coefficient (Wildman–Crippen LogP) is 1.98. The molecule has 0 aromatic heterocycles. The van der Waals surface area contributed by atoms with Crippen LogP contribution in [0.4, 0.5) is 4.79 Å². The molecular formula is C11H19NO3. The molecule has 0 saturated carbocycles. The number of amides is 1. The molecule has 1 amide bonds. The Bertz CT molecular complexity index is 240. The number of hydrogen-bond donors (Lipinski definition) is 0. The van der Waals surface area contributed by atoms with Gasteiger partial charge in [-0.3, -0.25) is 4.79 Å². The summed E-state index contributed by atoms with van der Waals surface area (Å²) in [5, 5.41) is 0. The van der Waals surface area contributed by atoms with Gasteiger partial charge in [0, 0.05) is 13.0 Å². The van der Waals surface area contributed by atoms with Gasteiger partial charge >= 0.3 is 6.09 Å². The Labute approximate surface area is 90.6 Å². The van der Waals surface area contributed by atoms with E-state index >= 15 is 0 Å². The Morgan fingerprint density at radius 1 is 1.53 bits per heavy atom. The summed E-state index contributed by atoms with van der Waals surface area (Å²) >= 11 is 0. The number of hydrogen-bond acceptors (Lipinski definition) is 3. The van der Waals surface area contributed by atoms with E-state index in [0.717, 1.165) is 19.3 Å². The van der Waals surface area contributed by atoms with Gasteiger partial charge in [0.1, 0.15) is 6.10 Å². The number of rotatable bonds is 4. The van der Waals surface area contributed by atoms with Crippen LogP contribution in [0, 0.1) is 0 Å². The zero-order chi connectivity index (χ0) is 11.3. The normalized spacial score (nSPS) is 18.0. The van der Waals surface area contributed by atoms with Gasteiger partial charge < -0.3 is 9.64 Å². The minimum absolute atomic E-state index is 0.00166. The lowest BCUT2D eigenvalue weighted by molar-refractivity contribution is -0.116. The highest BCUT2D eigenvalue weighted by Gasteiger charge is 2.26. The Morgan fingerprint density at radius 2 is 2.27 bits per heavy atom. The molecule has 0 radical (unpaired) electrons. The Balaban J connectivity index is 2.36. The van der Waals surface area contributed by atoms with Crippen molar-refractivity contribution in [1.29, 1.82) is 0 Å². The van der Waals surface area contributed by atoms with Gasteiger partial charge in [0.05, 0.1) is 6.54 Å². The van der Waals surface area contributed by atoms with Gasteiger partial charge in [-0.25, -0.2) is 4.79 Å². The monoisotopic (exact) mass is 213 g/mol. The highest BCUT2D eigenvalue weighted by Crippen LogP contribution is 2.11. The molecule has 1 rings (SSSR count). The Kier molecular flexibility index (Phi) is 4.59. The van der Waals surface area contributed by atoms with E-state index in [1.54, 1.807) is 0 Å². The maximum absolute atomic E-state index is 11.6. The smallest absolute Gasteiger partial charge is 0.410 e. The first kappa shape index (κ1) is 12.0. The molecule has 86 valence electrons. The number of carbonyl (C=O) groups is 2. The third-order valence-electron chi connectivity index (χ3n) is 2.62. The van der Waals surface area contributed by atoms with E-state index in [9.17, 15) is 9.59 Å². The van der Waals surface area contributed by atoms with Crippen molar-refractivity contribution < 1.29 is 14.3 Å². The van der Waals surface area contributed by atoms with E-state index in [1.807, 2.05) is 6.92 Å². The van der Waals surface area contributed by atoms with Crippen molar-refractivity contribution in [2.24, 2.45) is 0 Å². The fourth-order valence-corrected chi connectivity index (χ4v) is 1.67. The Morgan fingerprint density at radius 3 is 2.73 bits per heavy atom. The van der Waals surface area contributed by atoms with Crippen LogP contribution < -0.4 is 0 Å². The highest BCUT2D eigenvalue weighted by molar-refractivity contribution is 5.87. The molecule has 0 bridgehead atoms. The predicted molar refractivity (Wildman–Crippen MR) is 56.7 cm³/mol. The van der Waals surface area contributed by atoms with Crippen LogP contribution in [-0.4, -0.2) is 36.0 Å². The lowest BCUT2D eigenvalue weighted by Gasteiger charge is -2.20. The van der Waals surface area contributed by atoms with Gasteiger partial charge in [-0.1, -0.05) is 20.3 Å². The summed E-state index contributed by atoms with van der Waals surface area (Å²) in [7, 11) is 0. The first-order valence-electron chi connectivity index (χ1n) is 5.64. The van der Waals surface area contributed by atoms with Crippen molar-refractivity contribution in [1.82, 2.24) is 4.90 Å². The molecule has 0 aliphatic carbocycles. The first-order chi connectivity index (χ1) is 7.17. The van der Waals surface area contributed by atoms with Crippen LogP contribution in [0.25, 0.3) is 0 Å². The zero-order valence-electron chi connectivity index (χ0n) is 9.49. The number of ketones is 1. The molecule has 1 fully saturated rings. The van der Waals surface area contributed by atoms with Crippen LogP contribution >= 0.6 is 0 Å². The van der Waals surface area contributed by atoms with Crippen LogP contribution in [0.15, 0.2) is 0 Å². The second-order valence-corrected chi connectivity index (χ2v) is 3.91. The molecule has 1 unspecified atom stereocenters. The maximum Gasteiger partial charge on any atom is 0.410 e. The van der Waals surface area contributed by atoms with Crippen LogP contribution in [0.1, 0.15) is 39.5 Å². The van der Waals surface area contributed by atoms with Gasteiger partial charge in [-0.05, 0) is 12.8 Å². The average Bonchev–Trinajstić information content (AvgIpc) is 2.64. The molecule has 1 saturated heterocycles. The standard InChI is InChI=1S/C11H19NO3/c1-3-5-10(4-2)15-11(14)12-7-6-9(13)8-12/h10H,3-8H2,1-2H3. The van der Waals surface area contributed by atoms with Gasteiger partial charge in [-0.2, -0.15) is 0 Å². The van der Waals surface area contributed by atoms with E-state index in [2.05, 4.69) is 6.92 Å². The first-order valence-corrected chi connectivity index (χ1v) is 5.64. The zero-order valence-corrected chi connectivity index (χ0v) is 9.49. The van der Waals surface area contributed by atoms with Gasteiger partial charge in [0.15, 0.2) is 5.78 Å². The molecule has 1 aliphatic heterocycles. The number of nitrogens with zero attached hydrogens (tertiary/aromatic N) is 1. The molecule has 0 aromatic carbocycles. The highest BCUT2D eigenvalue weighted by atomic mass is 16.6. The van der Waals surface area contributed by atoms with E-state index in [4.69, 9.17) is 4.74 Å². The van der Waals surface area contributed by atoms with Gasteiger partial charge in [-0.15, -0.1) is 0 Å². The Hall–Kier alpha value is -1.06. The van der Waals surface area contributed by atoms with E-state index < -0.39 is 0 Å². The molecule has 1 aliphatic rings. The summed E-state index contributed by atoms with van der Waals surface area (Å²) in [4.78, 5) is 24.1. The summed E-state index contributed by atoms with van der Waals surface area (Å²) in [6.07, 6.45) is 2.87. The van der Waals surface area contributed by atoms with Gasteiger partial charge in [0.2, 0.25) is 0 Å². The topological polar surface area (TPSA) is 46.6 Å². The van der Waals surface area contributed by atoms with Crippen molar-refractivity contribution in [3.05, 3.63) is 0 Å². The summed E-state index contributed by atoms with van der Waals surface area (Å²) in [6.45, 7) is 4.81. The average molecular weight is 213 g/mol. The second-order valence-electron chi connectivity index (χ2n) is 3.91. The molecule has 1 atom stereocenters. The molecule has 4 heteroatoms. The molecule has 15 heavy (non-hydrogen) atoms. The summed E-state index contributed by atoms with van der Waals surface area (Å²) < 4.78 is 5.31. The van der Waals surface area contributed by atoms with Crippen LogP contribution in [-0.2, 0) is 9.53 Å². The third-order valence-corrected chi connectivity index (χ3v) is 2.62. The lowest BCUT2D eigenvalue weighted by atomic mass is 10.2. The van der Waals surface area contributed by atoms with Crippen molar-refractivity contribution >= 4 is 11.9 Å².